The molecule has 110 valence electrons. The van der Waals surface area contributed by atoms with Crippen molar-refractivity contribution in [2.45, 2.75) is 26.2 Å². The Bertz CT molecular complexity index is 581. The summed E-state index contributed by atoms with van der Waals surface area (Å²) in [7, 11) is 0. The zero-order valence-electron chi connectivity index (χ0n) is 12.4. The van der Waals surface area contributed by atoms with E-state index in [4.69, 9.17) is 5.73 Å². The van der Waals surface area contributed by atoms with E-state index in [1.807, 2.05) is 30.3 Å². The number of anilines is 2. The van der Waals surface area contributed by atoms with Crippen molar-refractivity contribution < 1.29 is 4.79 Å². The van der Waals surface area contributed by atoms with E-state index in [9.17, 15) is 4.79 Å². The first-order valence-corrected chi connectivity index (χ1v) is 7.19. The molecule has 0 spiro atoms. The predicted octanol–water partition coefficient (Wildman–Crippen LogP) is 3.43. The van der Waals surface area contributed by atoms with Gasteiger partial charge in [-0.3, -0.25) is 4.79 Å². The maximum Gasteiger partial charge on any atom is 0.232 e. The first-order valence-electron chi connectivity index (χ1n) is 7.19. The van der Waals surface area contributed by atoms with E-state index in [-0.39, 0.29) is 17.7 Å². The highest BCUT2D eigenvalue weighted by atomic mass is 16.1. The maximum atomic E-state index is 12.6. The Hall–Kier alpha value is -2.36. The van der Waals surface area contributed by atoms with E-state index >= 15 is 0 Å². The second kappa shape index (κ2) is 6.88. The Morgan fingerprint density at radius 1 is 1.24 bits per heavy atom. The molecule has 0 aliphatic carbocycles. The molecule has 0 bridgehead atoms. The van der Waals surface area contributed by atoms with E-state index in [1.165, 1.54) is 0 Å². The van der Waals surface area contributed by atoms with Crippen LogP contribution in [0, 0.1) is 5.92 Å². The molecular weight excluding hydrogens is 262 g/mol. The molecule has 4 nitrogen and oxygen atoms in total. The standard InChI is InChI=1S/C17H21N3O/c1-3-12(2)16(13-7-5-4-6-8-13)17(21)20-14-9-10-15(18)19-11-14/h4-12,16H,3H2,1-2H3,(H2,18,19)(H,20,21). The van der Waals surface area contributed by atoms with E-state index < -0.39 is 0 Å². The van der Waals surface area contributed by atoms with Gasteiger partial charge in [0.1, 0.15) is 5.82 Å². The monoisotopic (exact) mass is 283 g/mol. The summed E-state index contributed by atoms with van der Waals surface area (Å²) in [5.74, 6) is 0.513. The normalized spacial score (nSPS) is 13.4. The fraction of sp³-hybridized carbons (Fsp3) is 0.294. The average Bonchev–Trinajstić information content (AvgIpc) is 2.50. The molecule has 2 atom stereocenters. The molecule has 1 aromatic heterocycles. The Labute approximate surface area is 125 Å². The lowest BCUT2D eigenvalue weighted by Gasteiger charge is -2.22. The molecule has 2 unspecified atom stereocenters. The number of nitrogens with zero attached hydrogens (tertiary/aromatic N) is 1. The summed E-state index contributed by atoms with van der Waals surface area (Å²) in [5.41, 5.74) is 7.25. The minimum atomic E-state index is -0.172. The summed E-state index contributed by atoms with van der Waals surface area (Å²) < 4.78 is 0. The first-order chi connectivity index (χ1) is 10.1. The Balaban J connectivity index is 2.20. The fourth-order valence-corrected chi connectivity index (χ4v) is 2.33. The van der Waals surface area contributed by atoms with Gasteiger partial charge in [0.15, 0.2) is 0 Å². The van der Waals surface area contributed by atoms with Crippen molar-refractivity contribution in [1.29, 1.82) is 0 Å². The van der Waals surface area contributed by atoms with Crippen LogP contribution in [0.5, 0.6) is 0 Å². The molecule has 4 heteroatoms. The minimum Gasteiger partial charge on any atom is -0.384 e. The number of hydrogen-bond acceptors (Lipinski definition) is 3. The van der Waals surface area contributed by atoms with Crippen molar-refractivity contribution >= 4 is 17.4 Å². The molecule has 3 N–H and O–H groups in total. The van der Waals surface area contributed by atoms with Gasteiger partial charge in [0, 0.05) is 0 Å². The molecule has 2 rings (SSSR count). The Morgan fingerprint density at radius 2 is 1.95 bits per heavy atom. The van der Waals surface area contributed by atoms with Crippen LogP contribution in [0.15, 0.2) is 48.7 Å². The summed E-state index contributed by atoms with van der Waals surface area (Å²) in [6.07, 6.45) is 2.51. The molecule has 1 heterocycles. The molecule has 1 aromatic carbocycles. The predicted molar refractivity (Wildman–Crippen MR) is 85.9 cm³/mol. The molecule has 2 aromatic rings. The zero-order valence-corrected chi connectivity index (χ0v) is 12.4. The zero-order chi connectivity index (χ0) is 15.2. The third-order valence-corrected chi connectivity index (χ3v) is 3.71. The molecule has 0 saturated heterocycles. The largest absolute Gasteiger partial charge is 0.384 e. The van der Waals surface area contributed by atoms with Gasteiger partial charge in [0.25, 0.3) is 0 Å². The van der Waals surface area contributed by atoms with Gasteiger partial charge >= 0.3 is 0 Å². The van der Waals surface area contributed by atoms with Crippen LogP contribution in [0.4, 0.5) is 11.5 Å². The van der Waals surface area contributed by atoms with Crippen molar-refractivity contribution in [3.63, 3.8) is 0 Å². The third-order valence-electron chi connectivity index (χ3n) is 3.71. The number of hydrogen-bond donors (Lipinski definition) is 2. The number of nitrogens with two attached hydrogens (primary N) is 1. The number of carbonyl (C=O) groups is 1. The molecule has 0 radical (unpaired) electrons. The van der Waals surface area contributed by atoms with Crippen molar-refractivity contribution in [3.05, 3.63) is 54.2 Å². The van der Waals surface area contributed by atoms with Crippen LogP contribution >= 0.6 is 0 Å². The number of rotatable bonds is 5. The number of pyridine rings is 1. The van der Waals surface area contributed by atoms with Crippen LogP contribution in [0.25, 0.3) is 0 Å². The van der Waals surface area contributed by atoms with Crippen molar-refractivity contribution in [1.82, 2.24) is 4.98 Å². The fourth-order valence-electron chi connectivity index (χ4n) is 2.33. The van der Waals surface area contributed by atoms with Gasteiger partial charge < -0.3 is 11.1 Å². The van der Waals surface area contributed by atoms with Crippen LogP contribution in [-0.4, -0.2) is 10.9 Å². The van der Waals surface area contributed by atoms with Crippen LogP contribution in [0.1, 0.15) is 31.7 Å². The lowest BCUT2D eigenvalue weighted by atomic mass is 9.85. The number of benzene rings is 1. The lowest BCUT2D eigenvalue weighted by molar-refractivity contribution is -0.118. The Morgan fingerprint density at radius 3 is 2.52 bits per heavy atom. The minimum absolute atomic E-state index is 0.0119. The number of carbonyl (C=O) groups excluding carboxylic acids is 1. The first kappa shape index (κ1) is 15.0. The number of nitrogen functional groups attached to an aromatic ring is 1. The number of aromatic nitrogens is 1. The van der Waals surface area contributed by atoms with Crippen molar-refractivity contribution in [3.8, 4) is 0 Å². The quantitative estimate of drug-likeness (QED) is 0.883. The molecule has 1 amide bonds. The number of nitrogens with one attached hydrogen (secondary N) is 1. The maximum absolute atomic E-state index is 12.6. The van der Waals surface area contributed by atoms with Gasteiger partial charge in [-0.25, -0.2) is 4.98 Å². The van der Waals surface area contributed by atoms with Gasteiger partial charge in [-0.05, 0) is 23.6 Å². The summed E-state index contributed by atoms with van der Waals surface area (Å²) in [6, 6.07) is 13.3. The van der Waals surface area contributed by atoms with Crippen LogP contribution in [0.3, 0.4) is 0 Å². The highest BCUT2D eigenvalue weighted by molar-refractivity contribution is 5.96. The molecule has 0 aliphatic heterocycles. The number of amides is 1. The highest BCUT2D eigenvalue weighted by Crippen LogP contribution is 2.28. The van der Waals surface area contributed by atoms with Gasteiger partial charge in [-0.2, -0.15) is 0 Å². The van der Waals surface area contributed by atoms with Crippen molar-refractivity contribution in [2.75, 3.05) is 11.1 Å². The van der Waals surface area contributed by atoms with Crippen molar-refractivity contribution in [2.24, 2.45) is 5.92 Å². The molecule has 0 fully saturated rings. The van der Waals surface area contributed by atoms with Crippen LogP contribution in [0.2, 0.25) is 0 Å². The van der Waals surface area contributed by atoms with Gasteiger partial charge in [-0.15, -0.1) is 0 Å². The van der Waals surface area contributed by atoms with E-state index in [1.54, 1.807) is 18.3 Å². The van der Waals surface area contributed by atoms with Crippen LogP contribution < -0.4 is 11.1 Å². The second-order valence-electron chi connectivity index (χ2n) is 5.23. The van der Waals surface area contributed by atoms with E-state index in [2.05, 4.69) is 24.1 Å². The highest BCUT2D eigenvalue weighted by Gasteiger charge is 2.25. The third kappa shape index (κ3) is 3.81. The van der Waals surface area contributed by atoms with Crippen LogP contribution in [-0.2, 0) is 4.79 Å². The SMILES string of the molecule is CCC(C)C(C(=O)Nc1ccc(N)nc1)c1ccccc1. The second-order valence-corrected chi connectivity index (χ2v) is 5.23. The molecule has 0 aliphatic rings. The summed E-state index contributed by atoms with van der Waals surface area (Å²) in [5, 5.41) is 2.93. The summed E-state index contributed by atoms with van der Waals surface area (Å²) in [4.78, 5) is 16.6. The average molecular weight is 283 g/mol. The van der Waals surface area contributed by atoms with Gasteiger partial charge in [0.05, 0.1) is 17.8 Å². The molecule has 0 saturated carbocycles. The van der Waals surface area contributed by atoms with E-state index in [0.717, 1.165) is 12.0 Å². The lowest BCUT2D eigenvalue weighted by Crippen LogP contribution is -2.26. The topological polar surface area (TPSA) is 68.0 Å². The summed E-state index contributed by atoms with van der Waals surface area (Å²) >= 11 is 0. The smallest absolute Gasteiger partial charge is 0.232 e. The Kier molecular flexibility index (Phi) is 4.93. The van der Waals surface area contributed by atoms with Gasteiger partial charge in [0.2, 0.25) is 5.91 Å². The van der Waals surface area contributed by atoms with Gasteiger partial charge in [-0.1, -0.05) is 50.6 Å². The summed E-state index contributed by atoms with van der Waals surface area (Å²) in [6.45, 7) is 4.19. The molecular formula is C17H21N3O. The van der Waals surface area contributed by atoms with E-state index in [0.29, 0.717) is 11.5 Å². The molecule has 21 heavy (non-hydrogen) atoms.